The molecule has 0 bridgehead atoms. The molecule has 1 aliphatic heterocycles. The van der Waals surface area contributed by atoms with Crippen LogP contribution in [0, 0.1) is 0 Å². The third-order valence-corrected chi connectivity index (χ3v) is 12.0. The minimum absolute atomic E-state index is 0.112. The fourth-order valence-electron chi connectivity index (χ4n) is 7.96. The average Bonchev–Trinajstić information content (AvgIpc) is 3.28. The van der Waals surface area contributed by atoms with Gasteiger partial charge in [-0.15, -0.1) is 0 Å². The average molecular weight is 891 g/mol. The van der Waals surface area contributed by atoms with Gasteiger partial charge in [0.05, 0.1) is 19.8 Å². The number of hydrogen-bond acceptors (Lipinski definition) is 9. The van der Waals surface area contributed by atoms with Crippen LogP contribution in [0.25, 0.3) is 0 Å². The van der Waals surface area contributed by atoms with Crippen molar-refractivity contribution in [2.75, 3.05) is 26.4 Å². The third kappa shape index (κ3) is 36.0. The van der Waals surface area contributed by atoms with Gasteiger partial charge in [-0.2, -0.15) is 0 Å². The lowest BCUT2D eigenvalue weighted by Crippen LogP contribution is -2.59. The summed E-state index contributed by atoms with van der Waals surface area (Å²) in [6.45, 7) is 4.47. The van der Waals surface area contributed by atoms with Crippen molar-refractivity contribution in [3.05, 3.63) is 48.6 Å². The Hall–Kier alpha value is -1.85. The summed E-state index contributed by atoms with van der Waals surface area (Å²) in [6, 6.07) is 0. The summed E-state index contributed by atoms with van der Waals surface area (Å²) >= 11 is 0. The van der Waals surface area contributed by atoms with E-state index in [9.17, 15) is 25.2 Å². The second kappa shape index (κ2) is 45.3. The van der Waals surface area contributed by atoms with Crippen LogP contribution in [0.3, 0.4) is 0 Å². The van der Waals surface area contributed by atoms with Crippen LogP contribution in [0.1, 0.15) is 226 Å². The van der Waals surface area contributed by atoms with Crippen LogP contribution in [0.5, 0.6) is 0 Å². The molecule has 63 heavy (non-hydrogen) atoms. The predicted octanol–water partition coefficient (Wildman–Crippen LogP) is 12.9. The SMILES string of the molecule is CC/C=C\C/C=C\C/C=C\C/C=C\CCCCCCCCCCCCCOCC(COC1OC(CO)C(O)C(O)C1O)OC(=O)CCCCCCCCCCCCCCCCCC. The monoisotopic (exact) mass is 891 g/mol. The van der Waals surface area contributed by atoms with Crippen LogP contribution in [0.4, 0.5) is 0 Å². The van der Waals surface area contributed by atoms with E-state index in [-0.39, 0.29) is 19.2 Å². The van der Waals surface area contributed by atoms with Crippen molar-refractivity contribution in [2.45, 2.75) is 263 Å². The van der Waals surface area contributed by atoms with Gasteiger partial charge in [-0.05, 0) is 51.4 Å². The van der Waals surface area contributed by atoms with Crippen molar-refractivity contribution in [2.24, 2.45) is 0 Å². The number of carbonyl (C=O) groups excluding carboxylic acids is 1. The molecule has 4 N–H and O–H groups in total. The van der Waals surface area contributed by atoms with Gasteiger partial charge in [-0.3, -0.25) is 4.79 Å². The van der Waals surface area contributed by atoms with Gasteiger partial charge < -0.3 is 39.4 Å². The van der Waals surface area contributed by atoms with Crippen LogP contribution >= 0.6 is 0 Å². The van der Waals surface area contributed by atoms with Crippen molar-refractivity contribution in [3.8, 4) is 0 Å². The Morgan fingerprint density at radius 3 is 1.46 bits per heavy atom. The highest BCUT2D eigenvalue weighted by atomic mass is 16.7. The van der Waals surface area contributed by atoms with Crippen LogP contribution in [-0.2, 0) is 23.7 Å². The lowest BCUT2D eigenvalue weighted by molar-refractivity contribution is -0.305. The summed E-state index contributed by atoms with van der Waals surface area (Å²) in [4.78, 5) is 12.8. The molecular weight excluding hydrogens is 793 g/mol. The van der Waals surface area contributed by atoms with Crippen molar-refractivity contribution in [1.29, 1.82) is 0 Å². The standard InChI is InChI=1S/C54H98O9/c1-3-5-7-9-11-13-15-17-19-21-22-23-24-25-26-27-28-30-32-34-36-38-40-42-44-60-46-48(47-61-54-53(59)52(58)51(57)49(45-55)63-54)62-50(56)43-41-39-37-35-33-31-29-20-18-16-14-12-10-8-6-4-2/h5,7,11,13,17,19,22-23,48-49,51-55,57-59H,3-4,6,8-10,12,14-16,18,20-21,24-47H2,1-2H3/b7-5-,13-11-,19-17-,23-22-. The number of allylic oxidation sites excluding steroid dienone is 8. The number of esters is 1. The first-order chi connectivity index (χ1) is 30.9. The summed E-state index contributed by atoms with van der Waals surface area (Å²) in [5.41, 5.74) is 0. The van der Waals surface area contributed by atoms with E-state index in [4.69, 9.17) is 18.9 Å². The topological polar surface area (TPSA) is 135 Å². The fraction of sp³-hybridized carbons (Fsp3) is 0.833. The van der Waals surface area contributed by atoms with Gasteiger partial charge >= 0.3 is 5.97 Å². The molecule has 9 nitrogen and oxygen atoms in total. The highest BCUT2D eigenvalue weighted by Gasteiger charge is 2.44. The quantitative estimate of drug-likeness (QED) is 0.0268. The summed E-state index contributed by atoms with van der Waals surface area (Å²) in [6.07, 6.45) is 50.0. The van der Waals surface area contributed by atoms with E-state index in [0.717, 1.165) is 57.8 Å². The number of unbranched alkanes of at least 4 members (excludes halogenated alkanes) is 26. The van der Waals surface area contributed by atoms with E-state index in [1.54, 1.807) is 0 Å². The molecule has 0 amide bonds. The zero-order valence-corrected chi connectivity index (χ0v) is 40.6. The molecule has 0 aromatic rings. The number of carbonyl (C=O) groups is 1. The number of aliphatic hydroxyl groups excluding tert-OH is 4. The minimum Gasteiger partial charge on any atom is -0.457 e. The van der Waals surface area contributed by atoms with Crippen LogP contribution < -0.4 is 0 Å². The number of hydrogen-bond donors (Lipinski definition) is 4. The highest BCUT2D eigenvalue weighted by molar-refractivity contribution is 5.69. The zero-order valence-electron chi connectivity index (χ0n) is 40.6. The second-order valence-electron chi connectivity index (χ2n) is 17.9. The molecule has 9 heteroatoms. The van der Waals surface area contributed by atoms with Gasteiger partial charge in [-0.25, -0.2) is 0 Å². The molecule has 1 saturated heterocycles. The number of rotatable bonds is 45. The largest absolute Gasteiger partial charge is 0.457 e. The molecule has 0 saturated carbocycles. The highest BCUT2D eigenvalue weighted by Crippen LogP contribution is 2.23. The molecule has 0 aliphatic carbocycles. The predicted molar refractivity (Wildman–Crippen MR) is 261 cm³/mol. The van der Waals surface area contributed by atoms with Gasteiger partial charge in [-0.1, -0.05) is 217 Å². The first kappa shape index (κ1) is 59.2. The van der Waals surface area contributed by atoms with E-state index in [2.05, 4.69) is 62.5 Å². The van der Waals surface area contributed by atoms with Gasteiger partial charge in [0.25, 0.3) is 0 Å². The molecule has 0 spiro atoms. The van der Waals surface area contributed by atoms with Crippen LogP contribution in [-0.4, -0.2) is 89.6 Å². The summed E-state index contributed by atoms with van der Waals surface area (Å²) in [7, 11) is 0. The molecule has 6 atom stereocenters. The maximum atomic E-state index is 12.8. The Morgan fingerprint density at radius 2 is 0.968 bits per heavy atom. The second-order valence-corrected chi connectivity index (χ2v) is 17.9. The Morgan fingerprint density at radius 1 is 0.524 bits per heavy atom. The van der Waals surface area contributed by atoms with Gasteiger partial charge in [0.15, 0.2) is 6.29 Å². The Kier molecular flexibility index (Phi) is 42.6. The maximum absolute atomic E-state index is 12.8. The van der Waals surface area contributed by atoms with Crippen LogP contribution in [0.2, 0.25) is 0 Å². The Balaban J connectivity index is 2.18. The first-order valence-electron chi connectivity index (χ1n) is 26.2. The molecule has 6 unspecified atom stereocenters. The maximum Gasteiger partial charge on any atom is 0.306 e. The molecule has 0 aromatic carbocycles. The zero-order chi connectivity index (χ0) is 45.7. The third-order valence-electron chi connectivity index (χ3n) is 12.0. The molecule has 1 fully saturated rings. The molecule has 0 radical (unpaired) electrons. The fourth-order valence-corrected chi connectivity index (χ4v) is 7.96. The molecule has 1 heterocycles. The van der Waals surface area contributed by atoms with E-state index in [0.29, 0.717) is 13.0 Å². The Bertz CT molecular complexity index is 1100. The summed E-state index contributed by atoms with van der Waals surface area (Å²) in [5.74, 6) is -0.312. The summed E-state index contributed by atoms with van der Waals surface area (Å²) < 4.78 is 22.9. The van der Waals surface area contributed by atoms with Gasteiger partial charge in [0, 0.05) is 13.0 Å². The lowest BCUT2D eigenvalue weighted by atomic mass is 9.99. The molecule has 0 aromatic heterocycles. The van der Waals surface area contributed by atoms with Crippen molar-refractivity contribution in [1.82, 2.24) is 0 Å². The first-order valence-corrected chi connectivity index (χ1v) is 26.2. The normalized spacial score (nSPS) is 20.0. The molecule has 368 valence electrons. The number of aliphatic hydroxyl groups is 4. The van der Waals surface area contributed by atoms with Crippen molar-refractivity contribution < 1.29 is 44.2 Å². The number of ether oxygens (including phenoxy) is 4. The van der Waals surface area contributed by atoms with Gasteiger partial charge in [0.1, 0.15) is 30.5 Å². The smallest absolute Gasteiger partial charge is 0.306 e. The summed E-state index contributed by atoms with van der Waals surface area (Å²) in [5, 5.41) is 40.3. The van der Waals surface area contributed by atoms with E-state index >= 15 is 0 Å². The molecule has 1 rings (SSSR count). The van der Waals surface area contributed by atoms with Crippen molar-refractivity contribution in [3.63, 3.8) is 0 Å². The Labute approximate surface area is 386 Å². The van der Waals surface area contributed by atoms with E-state index in [1.807, 2.05) is 0 Å². The molecular formula is C54H98O9. The van der Waals surface area contributed by atoms with Crippen molar-refractivity contribution >= 4 is 5.97 Å². The van der Waals surface area contributed by atoms with Gasteiger partial charge in [0.2, 0.25) is 0 Å². The van der Waals surface area contributed by atoms with E-state index < -0.39 is 43.4 Å². The minimum atomic E-state index is -1.54. The van der Waals surface area contributed by atoms with E-state index in [1.165, 1.54) is 148 Å². The lowest BCUT2D eigenvalue weighted by Gasteiger charge is -2.39. The molecule has 1 aliphatic rings. The van der Waals surface area contributed by atoms with Crippen LogP contribution in [0.15, 0.2) is 48.6 Å².